The van der Waals surface area contributed by atoms with Crippen LogP contribution in [0.25, 0.3) is 0 Å². The number of nitrogens with one attached hydrogen (secondary N) is 1. The molecular weight excluding hydrogens is 575 g/mol. The summed E-state index contributed by atoms with van der Waals surface area (Å²) in [6.45, 7) is 9.34. The number of carbonyl (C=O) groups excluding carboxylic acids is 2. The van der Waals surface area contributed by atoms with Crippen LogP contribution in [0.5, 0.6) is 0 Å². The normalized spacial score (nSPS) is 20.3. The summed E-state index contributed by atoms with van der Waals surface area (Å²) in [7, 11) is 0. The minimum Gasteiger partial charge on any atom is -0.331 e. The van der Waals surface area contributed by atoms with E-state index in [2.05, 4.69) is 26.1 Å². The van der Waals surface area contributed by atoms with Crippen molar-refractivity contribution in [2.24, 2.45) is 5.92 Å². The van der Waals surface area contributed by atoms with Crippen LogP contribution in [0.2, 0.25) is 0 Å². The predicted molar refractivity (Wildman–Crippen MR) is 172 cm³/mol. The summed E-state index contributed by atoms with van der Waals surface area (Å²) in [4.78, 5) is 31.4. The topological polar surface area (TPSA) is 52.7 Å². The van der Waals surface area contributed by atoms with Crippen molar-refractivity contribution in [3.05, 3.63) is 100 Å². The van der Waals surface area contributed by atoms with Gasteiger partial charge in [-0.3, -0.25) is 14.5 Å². The van der Waals surface area contributed by atoms with Crippen LogP contribution in [0.15, 0.2) is 66.7 Å². The average molecular weight is 620 g/mol. The Morgan fingerprint density at radius 2 is 1.73 bits per heavy atom. The van der Waals surface area contributed by atoms with E-state index in [1.807, 2.05) is 53.4 Å². The third-order valence-corrected chi connectivity index (χ3v) is 9.17. The maximum atomic E-state index is 15.0. The highest BCUT2D eigenvalue weighted by Gasteiger charge is 2.41. The molecule has 1 unspecified atom stereocenters. The van der Waals surface area contributed by atoms with Gasteiger partial charge in [0.15, 0.2) is 0 Å². The Hall–Kier alpha value is -3.65. The molecule has 5 rings (SSSR count). The molecule has 3 aromatic rings. The van der Waals surface area contributed by atoms with Gasteiger partial charge in [0, 0.05) is 25.2 Å². The maximum Gasteiger partial charge on any atom is 0.261 e. The Morgan fingerprint density at radius 3 is 2.40 bits per heavy atom. The fourth-order valence-electron chi connectivity index (χ4n) is 6.64. The van der Waals surface area contributed by atoms with E-state index in [1.165, 1.54) is 6.07 Å². The first-order chi connectivity index (χ1) is 21.3. The Labute approximate surface area is 264 Å². The molecule has 0 saturated carbocycles. The summed E-state index contributed by atoms with van der Waals surface area (Å²) < 4.78 is 42.1. The number of aryl methyl sites for hydroxylation is 2. The zero-order valence-corrected chi connectivity index (χ0v) is 26.7. The first kappa shape index (κ1) is 32.7. The summed E-state index contributed by atoms with van der Waals surface area (Å²) in [5.41, 5.74) is 4.16. The molecule has 45 heavy (non-hydrogen) atoms. The number of nitrogens with zero attached hydrogens (tertiary/aromatic N) is 2. The maximum absolute atomic E-state index is 15.0. The van der Waals surface area contributed by atoms with E-state index in [0.717, 1.165) is 29.5 Å². The molecule has 0 radical (unpaired) electrons. The summed E-state index contributed by atoms with van der Waals surface area (Å²) in [6, 6.07) is 19.7. The number of piperidine rings is 1. The molecule has 2 saturated heterocycles. The molecule has 2 heterocycles. The number of amides is 2. The highest BCUT2D eigenvalue weighted by Crippen LogP contribution is 2.39. The number of anilines is 1. The lowest BCUT2D eigenvalue weighted by molar-refractivity contribution is -0.123. The number of carbonyl (C=O) groups is 2. The average Bonchev–Trinajstić information content (AvgIpc) is 3.34. The van der Waals surface area contributed by atoms with Gasteiger partial charge in [0.05, 0.1) is 24.1 Å². The Morgan fingerprint density at radius 1 is 1.00 bits per heavy atom. The van der Waals surface area contributed by atoms with Gasteiger partial charge in [-0.1, -0.05) is 69.3 Å². The van der Waals surface area contributed by atoms with E-state index in [4.69, 9.17) is 0 Å². The molecule has 2 aliphatic heterocycles. The van der Waals surface area contributed by atoms with Gasteiger partial charge in [0.2, 0.25) is 5.91 Å². The van der Waals surface area contributed by atoms with E-state index in [-0.39, 0.29) is 29.9 Å². The van der Waals surface area contributed by atoms with Crippen LogP contribution in [-0.2, 0) is 16.6 Å². The van der Waals surface area contributed by atoms with Crippen LogP contribution < -0.4 is 5.32 Å². The van der Waals surface area contributed by atoms with Crippen molar-refractivity contribution in [2.75, 3.05) is 31.5 Å². The molecule has 1 N–H and O–H groups in total. The number of rotatable bonds is 8. The third-order valence-electron chi connectivity index (χ3n) is 9.17. The highest BCUT2D eigenvalue weighted by molar-refractivity contribution is 5.98. The van der Waals surface area contributed by atoms with Gasteiger partial charge >= 0.3 is 0 Å². The molecule has 0 spiro atoms. The van der Waals surface area contributed by atoms with Crippen molar-refractivity contribution in [2.45, 2.75) is 77.2 Å². The number of hydrogen-bond acceptors (Lipinski definition) is 3. The first-order valence-corrected chi connectivity index (χ1v) is 16.0. The van der Waals surface area contributed by atoms with Crippen molar-refractivity contribution in [3.8, 4) is 0 Å². The van der Waals surface area contributed by atoms with Crippen molar-refractivity contribution < 1.29 is 22.8 Å². The highest BCUT2D eigenvalue weighted by atomic mass is 19.3. The molecule has 2 aliphatic rings. The standard InChI is InChI=1S/C37H44F3N3O2/c1-25-9-5-14-31(38)32(25)35(45)43-21-8-13-30(34(44)41-29-12-6-11-28(23-29)36(2,3)4)33(43)27-17-15-26(16-18-27)10-7-20-42-22-19-37(39,40)24-42/h5-6,9,11-12,14-18,23,30,33H,7-8,10,13,19-22,24H2,1-4H3,(H,41,44)/t30-,33?/m0/s1. The zero-order chi connectivity index (χ0) is 32.4. The smallest absolute Gasteiger partial charge is 0.261 e. The molecule has 2 amide bonds. The van der Waals surface area contributed by atoms with Gasteiger partial charge in [-0.25, -0.2) is 13.2 Å². The second-order valence-corrected chi connectivity index (χ2v) is 13.7. The molecule has 0 aromatic heterocycles. The Bertz CT molecular complexity index is 1500. The number of likely N-dealkylation sites (tertiary alicyclic amines) is 2. The van der Waals surface area contributed by atoms with E-state index >= 15 is 4.39 Å². The van der Waals surface area contributed by atoms with Crippen LogP contribution in [0.3, 0.4) is 0 Å². The largest absolute Gasteiger partial charge is 0.331 e. The minimum absolute atomic E-state index is 0.0329. The molecule has 5 nitrogen and oxygen atoms in total. The number of halogens is 3. The van der Waals surface area contributed by atoms with Gasteiger partial charge in [0.25, 0.3) is 11.8 Å². The summed E-state index contributed by atoms with van der Waals surface area (Å²) in [5.74, 6) is -4.31. The zero-order valence-electron chi connectivity index (χ0n) is 26.7. The van der Waals surface area contributed by atoms with Gasteiger partial charge in [0.1, 0.15) is 5.82 Å². The van der Waals surface area contributed by atoms with Crippen LogP contribution in [0, 0.1) is 18.7 Å². The third kappa shape index (κ3) is 7.78. The van der Waals surface area contributed by atoms with Crippen LogP contribution >= 0.6 is 0 Å². The molecule has 0 bridgehead atoms. The second kappa shape index (κ2) is 13.4. The first-order valence-electron chi connectivity index (χ1n) is 16.0. The lowest BCUT2D eigenvalue weighted by Crippen LogP contribution is -2.46. The molecular formula is C37H44F3N3O2. The van der Waals surface area contributed by atoms with Gasteiger partial charge in [-0.05, 0) is 85.0 Å². The van der Waals surface area contributed by atoms with E-state index in [9.17, 15) is 18.4 Å². The monoisotopic (exact) mass is 619 g/mol. The van der Waals surface area contributed by atoms with Gasteiger partial charge in [-0.2, -0.15) is 0 Å². The van der Waals surface area contributed by atoms with Crippen molar-refractivity contribution in [1.29, 1.82) is 0 Å². The molecule has 0 aliphatic carbocycles. The molecule has 2 atom stereocenters. The van der Waals surface area contributed by atoms with Crippen molar-refractivity contribution in [1.82, 2.24) is 9.80 Å². The fraction of sp³-hybridized carbons (Fsp3) is 0.459. The molecule has 2 fully saturated rings. The van der Waals surface area contributed by atoms with Crippen molar-refractivity contribution >= 4 is 17.5 Å². The van der Waals surface area contributed by atoms with Gasteiger partial charge in [-0.15, -0.1) is 0 Å². The molecule has 8 heteroatoms. The van der Waals surface area contributed by atoms with Gasteiger partial charge < -0.3 is 10.2 Å². The minimum atomic E-state index is -2.59. The van der Waals surface area contributed by atoms with Crippen LogP contribution in [-0.4, -0.2) is 53.7 Å². The number of hydrogen-bond donors (Lipinski definition) is 1. The quantitative estimate of drug-likeness (QED) is 0.279. The van der Waals surface area contributed by atoms with E-state index < -0.39 is 29.6 Å². The van der Waals surface area contributed by atoms with E-state index in [1.54, 1.807) is 24.0 Å². The lowest BCUT2D eigenvalue weighted by Gasteiger charge is -2.41. The second-order valence-electron chi connectivity index (χ2n) is 13.7. The fourth-order valence-corrected chi connectivity index (χ4v) is 6.64. The summed E-state index contributed by atoms with van der Waals surface area (Å²) in [5, 5.41) is 3.11. The summed E-state index contributed by atoms with van der Waals surface area (Å²) in [6.07, 6.45) is 2.61. The van der Waals surface area contributed by atoms with Crippen molar-refractivity contribution in [3.63, 3.8) is 0 Å². The predicted octanol–water partition coefficient (Wildman–Crippen LogP) is 7.94. The van der Waals surface area contributed by atoms with E-state index in [0.29, 0.717) is 43.7 Å². The number of benzene rings is 3. The lowest BCUT2D eigenvalue weighted by atomic mass is 9.82. The molecule has 240 valence electrons. The Kier molecular flexibility index (Phi) is 9.73. The van der Waals surface area contributed by atoms with Crippen LogP contribution in [0.1, 0.15) is 85.1 Å². The SMILES string of the molecule is Cc1cccc(F)c1C(=O)N1CCC[C@H](C(=O)Nc2cccc(C(C)(C)C)c2)C1c1ccc(CCCN2CCC(F)(F)C2)cc1. The Balaban J connectivity index is 1.39. The number of alkyl halides is 2. The van der Waals surface area contributed by atoms with Crippen LogP contribution in [0.4, 0.5) is 18.9 Å². The summed E-state index contributed by atoms with van der Waals surface area (Å²) >= 11 is 0. The molecule has 3 aromatic carbocycles.